The van der Waals surface area contributed by atoms with Crippen molar-refractivity contribution >= 4 is 5.82 Å². The molecule has 0 aromatic carbocycles. The summed E-state index contributed by atoms with van der Waals surface area (Å²) in [6.45, 7) is 4.53. The zero-order valence-electron chi connectivity index (χ0n) is 9.96. The number of hydrogen-bond acceptors (Lipinski definition) is 5. The van der Waals surface area contributed by atoms with Crippen LogP contribution in [0.1, 0.15) is 25.5 Å². The Morgan fingerprint density at radius 1 is 1.53 bits per heavy atom. The van der Waals surface area contributed by atoms with Gasteiger partial charge in [-0.05, 0) is 12.8 Å². The minimum atomic E-state index is 0.214. The van der Waals surface area contributed by atoms with Gasteiger partial charge in [-0.25, -0.2) is 9.97 Å². The second kappa shape index (κ2) is 5.60. The lowest BCUT2D eigenvalue weighted by atomic mass is 10.2. The van der Waals surface area contributed by atoms with E-state index >= 15 is 0 Å². The summed E-state index contributed by atoms with van der Waals surface area (Å²) in [4.78, 5) is 10.4. The van der Waals surface area contributed by atoms with Crippen LogP contribution in [-0.2, 0) is 4.74 Å². The quantitative estimate of drug-likeness (QED) is 0.770. The van der Waals surface area contributed by atoms with Crippen LogP contribution in [0.3, 0.4) is 0 Å². The molecule has 0 amide bonds. The molecule has 0 bridgehead atoms. The summed E-state index contributed by atoms with van der Waals surface area (Å²) in [5.74, 6) is 0.680. The van der Waals surface area contributed by atoms with Crippen LogP contribution in [0.4, 0.5) is 5.82 Å². The second-order valence-corrected chi connectivity index (χ2v) is 4.04. The Kier molecular flexibility index (Phi) is 3.89. The zero-order chi connectivity index (χ0) is 12.1. The monoisotopic (exact) mass is 232 g/mol. The predicted octanol–water partition coefficient (Wildman–Crippen LogP) is 1.35. The SMILES string of the molecule is CCC1CN(c2nccnc2C#N)CCCO1. The van der Waals surface area contributed by atoms with Crippen LogP contribution in [0.25, 0.3) is 0 Å². The fourth-order valence-corrected chi connectivity index (χ4v) is 1.98. The van der Waals surface area contributed by atoms with Gasteiger partial charge in [-0.1, -0.05) is 6.92 Å². The van der Waals surface area contributed by atoms with Gasteiger partial charge < -0.3 is 9.64 Å². The van der Waals surface area contributed by atoms with Gasteiger partial charge in [0.25, 0.3) is 0 Å². The van der Waals surface area contributed by atoms with E-state index in [9.17, 15) is 0 Å². The number of aromatic nitrogens is 2. The number of nitriles is 1. The Morgan fingerprint density at radius 2 is 2.35 bits per heavy atom. The van der Waals surface area contributed by atoms with E-state index in [0.29, 0.717) is 11.5 Å². The Hall–Kier alpha value is -1.67. The summed E-state index contributed by atoms with van der Waals surface area (Å²) in [6, 6.07) is 2.09. The molecule has 1 aliphatic heterocycles. The van der Waals surface area contributed by atoms with E-state index in [0.717, 1.165) is 32.5 Å². The van der Waals surface area contributed by atoms with Crippen LogP contribution in [0.2, 0.25) is 0 Å². The van der Waals surface area contributed by atoms with E-state index in [4.69, 9.17) is 10.00 Å². The van der Waals surface area contributed by atoms with Gasteiger partial charge in [0.1, 0.15) is 6.07 Å². The molecule has 0 aliphatic carbocycles. The van der Waals surface area contributed by atoms with Gasteiger partial charge in [-0.3, -0.25) is 0 Å². The Balaban J connectivity index is 2.22. The molecular weight excluding hydrogens is 216 g/mol. The van der Waals surface area contributed by atoms with Crippen LogP contribution in [0.15, 0.2) is 12.4 Å². The highest BCUT2D eigenvalue weighted by Crippen LogP contribution is 2.18. The zero-order valence-corrected chi connectivity index (χ0v) is 9.96. The molecule has 1 saturated heterocycles. The molecule has 1 aromatic heterocycles. The fourth-order valence-electron chi connectivity index (χ4n) is 1.98. The van der Waals surface area contributed by atoms with Crippen molar-refractivity contribution in [2.75, 3.05) is 24.6 Å². The average Bonchev–Trinajstić information content (AvgIpc) is 2.64. The van der Waals surface area contributed by atoms with Crippen LogP contribution < -0.4 is 4.90 Å². The van der Waals surface area contributed by atoms with Crippen molar-refractivity contribution in [3.63, 3.8) is 0 Å². The molecular formula is C12H16N4O. The average molecular weight is 232 g/mol. The van der Waals surface area contributed by atoms with E-state index in [2.05, 4.69) is 27.9 Å². The van der Waals surface area contributed by atoms with Crippen LogP contribution in [-0.4, -0.2) is 35.8 Å². The minimum Gasteiger partial charge on any atom is -0.376 e. The predicted molar refractivity (Wildman–Crippen MR) is 63.6 cm³/mol. The Labute approximate surface area is 101 Å². The fraction of sp³-hybridized carbons (Fsp3) is 0.583. The standard InChI is InChI=1S/C12H16N4O/c1-2-10-9-16(6-3-7-17-10)12-11(8-13)14-4-5-15-12/h4-5,10H,2-3,6-7,9H2,1H3. The molecule has 1 aromatic rings. The number of anilines is 1. The van der Waals surface area contributed by atoms with E-state index in [-0.39, 0.29) is 6.10 Å². The van der Waals surface area contributed by atoms with Crippen molar-refractivity contribution in [3.05, 3.63) is 18.1 Å². The summed E-state index contributed by atoms with van der Waals surface area (Å²) in [5.41, 5.74) is 0.393. The first-order valence-corrected chi connectivity index (χ1v) is 5.92. The molecule has 17 heavy (non-hydrogen) atoms. The number of ether oxygens (including phenoxy) is 1. The summed E-state index contributed by atoms with van der Waals surface area (Å²) in [6.07, 6.45) is 5.32. The maximum absolute atomic E-state index is 9.03. The third kappa shape index (κ3) is 2.71. The third-order valence-electron chi connectivity index (χ3n) is 2.89. The van der Waals surface area contributed by atoms with Crippen molar-refractivity contribution in [1.29, 1.82) is 5.26 Å². The Morgan fingerprint density at radius 3 is 3.12 bits per heavy atom. The molecule has 1 aliphatic rings. The first-order valence-electron chi connectivity index (χ1n) is 5.92. The highest BCUT2D eigenvalue weighted by molar-refractivity contribution is 5.49. The van der Waals surface area contributed by atoms with Crippen molar-refractivity contribution in [2.24, 2.45) is 0 Å². The maximum atomic E-state index is 9.03. The van der Waals surface area contributed by atoms with E-state index in [1.807, 2.05) is 0 Å². The smallest absolute Gasteiger partial charge is 0.183 e. The molecule has 0 saturated carbocycles. The van der Waals surface area contributed by atoms with Crippen LogP contribution >= 0.6 is 0 Å². The first-order chi connectivity index (χ1) is 8.35. The van der Waals surface area contributed by atoms with Crippen molar-refractivity contribution in [2.45, 2.75) is 25.9 Å². The lowest BCUT2D eigenvalue weighted by Crippen LogP contribution is -2.32. The minimum absolute atomic E-state index is 0.214. The normalized spacial score (nSPS) is 20.7. The second-order valence-electron chi connectivity index (χ2n) is 4.04. The maximum Gasteiger partial charge on any atom is 0.183 e. The number of nitrogens with zero attached hydrogens (tertiary/aromatic N) is 4. The van der Waals surface area contributed by atoms with E-state index < -0.39 is 0 Å². The van der Waals surface area contributed by atoms with Gasteiger partial charge in [0.15, 0.2) is 11.5 Å². The van der Waals surface area contributed by atoms with Gasteiger partial charge in [0, 0.05) is 32.1 Å². The Bertz CT molecular complexity index is 415. The molecule has 90 valence electrons. The van der Waals surface area contributed by atoms with Gasteiger partial charge in [0.05, 0.1) is 6.10 Å². The van der Waals surface area contributed by atoms with E-state index in [1.54, 1.807) is 12.4 Å². The third-order valence-corrected chi connectivity index (χ3v) is 2.89. The van der Waals surface area contributed by atoms with Crippen LogP contribution in [0, 0.1) is 11.3 Å². The molecule has 0 spiro atoms. The highest BCUT2D eigenvalue weighted by Gasteiger charge is 2.20. The van der Waals surface area contributed by atoms with Gasteiger partial charge in [0.2, 0.25) is 0 Å². The molecule has 5 nitrogen and oxygen atoms in total. The molecule has 1 fully saturated rings. The lowest BCUT2D eigenvalue weighted by molar-refractivity contribution is 0.0664. The molecule has 5 heteroatoms. The number of hydrogen-bond donors (Lipinski definition) is 0. The molecule has 2 heterocycles. The van der Waals surface area contributed by atoms with Gasteiger partial charge in [-0.15, -0.1) is 0 Å². The largest absolute Gasteiger partial charge is 0.376 e. The van der Waals surface area contributed by atoms with Crippen molar-refractivity contribution in [3.8, 4) is 6.07 Å². The summed E-state index contributed by atoms with van der Waals surface area (Å²) < 4.78 is 5.70. The van der Waals surface area contributed by atoms with Crippen LogP contribution in [0.5, 0.6) is 0 Å². The molecule has 0 N–H and O–H groups in total. The van der Waals surface area contributed by atoms with Gasteiger partial charge >= 0.3 is 0 Å². The molecule has 1 unspecified atom stereocenters. The summed E-state index contributed by atoms with van der Waals surface area (Å²) in [7, 11) is 0. The van der Waals surface area contributed by atoms with Crippen molar-refractivity contribution in [1.82, 2.24) is 9.97 Å². The highest BCUT2D eigenvalue weighted by atomic mass is 16.5. The summed E-state index contributed by atoms with van der Waals surface area (Å²) in [5, 5.41) is 9.03. The van der Waals surface area contributed by atoms with Crippen molar-refractivity contribution < 1.29 is 4.74 Å². The number of rotatable bonds is 2. The molecule has 0 radical (unpaired) electrons. The molecule has 1 atom stereocenters. The molecule has 2 rings (SSSR count). The lowest BCUT2D eigenvalue weighted by Gasteiger charge is -2.24. The van der Waals surface area contributed by atoms with Gasteiger partial charge in [-0.2, -0.15) is 5.26 Å². The summed E-state index contributed by atoms with van der Waals surface area (Å²) >= 11 is 0. The first kappa shape index (κ1) is 11.8. The van der Waals surface area contributed by atoms with E-state index in [1.165, 1.54) is 0 Å². The topological polar surface area (TPSA) is 62.0 Å².